The van der Waals surface area contributed by atoms with E-state index in [1.54, 1.807) is 0 Å². The lowest BCUT2D eigenvalue weighted by Gasteiger charge is -2.16. The molecule has 1 heterocycles. The van der Waals surface area contributed by atoms with E-state index in [-0.39, 0.29) is 6.79 Å². The Morgan fingerprint density at radius 1 is 0.933 bits per heavy atom. The van der Waals surface area contributed by atoms with E-state index in [1.807, 2.05) is 37.3 Å². The first-order chi connectivity index (χ1) is 14.6. The van der Waals surface area contributed by atoms with Crippen LogP contribution in [0.2, 0.25) is 0 Å². The Hall–Kier alpha value is -2.86. The lowest BCUT2D eigenvalue weighted by Crippen LogP contribution is -2.04. The topological polar surface area (TPSA) is 49.0 Å². The third-order valence-corrected chi connectivity index (χ3v) is 5.33. The number of anilines is 1. The van der Waals surface area contributed by atoms with Gasteiger partial charge in [0, 0.05) is 18.3 Å². The summed E-state index contributed by atoms with van der Waals surface area (Å²) in [7, 11) is 0. The molecule has 0 radical (unpaired) electrons. The average molecular weight is 470 g/mol. The number of hydrogen-bond donors (Lipinski definition) is 1. The quantitative estimate of drug-likeness (QED) is 0.433. The van der Waals surface area contributed by atoms with E-state index in [0.717, 1.165) is 38.5 Å². The summed E-state index contributed by atoms with van der Waals surface area (Å²) >= 11 is 3.65. The van der Waals surface area contributed by atoms with Crippen molar-refractivity contribution in [3.05, 3.63) is 75.8 Å². The van der Waals surface area contributed by atoms with Crippen LogP contribution in [-0.2, 0) is 13.2 Å². The molecule has 1 aliphatic rings. The van der Waals surface area contributed by atoms with Crippen LogP contribution in [0.5, 0.6) is 23.0 Å². The van der Waals surface area contributed by atoms with Gasteiger partial charge in [0.2, 0.25) is 6.79 Å². The van der Waals surface area contributed by atoms with Gasteiger partial charge in [0.05, 0.1) is 11.1 Å². The zero-order valence-electron chi connectivity index (χ0n) is 17.0. The summed E-state index contributed by atoms with van der Waals surface area (Å²) in [5, 5.41) is 3.42. The van der Waals surface area contributed by atoms with Crippen molar-refractivity contribution >= 4 is 21.6 Å². The summed E-state index contributed by atoms with van der Waals surface area (Å²) in [6, 6.07) is 18.2. The maximum Gasteiger partial charge on any atom is 0.231 e. The number of fused-ring (bicyclic) bond motifs is 1. The van der Waals surface area contributed by atoms with Crippen molar-refractivity contribution in [1.29, 1.82) is 0 Å². The molecule has 0 fully saturated rings. The number of rotatable bonds is 8. The van der Waals surface area contributed by atoms with Gasteiger partial charge in [-0.3, -0.25) is 0 Å². The van der Waals surface area contributed by atoms with Gasteiger partial charge in [-0.05, 0) is 65.2 Å². The van der Waals surface area contributed by atoms with E-state index >= 15 is 0 Å². The second-order valence-corrected chi connectivity index (χ2v) is 7.89. The van der Waals surface area contributed by atoms with E-state index in [2.05, 4.69) is 52.4 Å². The Labute approximate surface area is 185 Å². The van der Waals surface area contributed by atoms with E-state index in [1.165, 1.54) is 5.56 Å². The van der Waals surface area contributed by atoms with Crippen LogP contribution in [-0.4, -0.2) is 13.4 Å². The van der Waals surface area contributed by atoms with Crippen molar-refractivity contribution in [1.82, 2.24) is 0 Å². The van der Waals surface area contributed by atoms with Crippen LogP contribution in [0.25, 0.3) is 0 Å². The molecule has 3 aromatic rings. The summed E-state index contributed by atoms with van der Waals surface area (Å²) in [5.41, 5.74) is 4.39. The van der Waals surface area contributed by atoms with Crippen LogP contribution in [0.3, 0.4) is 0 Å². The highest BCUT2D eigenvalue weighted by molar-refractivity contribution is 9.10. The van der Waals surface area contributed by atoms with E-state index in [9.17, 15) is 0 Å². The third kappa shape index (κ3) is 4.82. The molecule has 0 unspecified atom stereocenters. The van der Waals surface area contributed by atoms with Gasteiger partial charge in [0.25, 0.3) is 0 Å². The Morgan fingerprint density at radius 3 is 2.53 bits per heavy atom. The minimum atomic E-state index is 0.271. The normalized spacial score (nSPS) is 12.0. The van der Waals surface area contributed by atoms with Crippen molar-refractivity contribution < 1.29 is 18.9 Å². The molecule has 0 bridgehead atoms. The van der Waals surface area contributed by atoms with E-state index in [4.69, 9.17) is 18.9 Å². The maximum absolute atomic E-state index is 6.09. The van der Waals surface area contributed by atoms with Gasteiger partial charge in [-0.2, -0.15) is 0 Å². The van der Waals surface area contributed by atoms with E-state index < -0.39 is 0 Å². The summed E-state index contributed by atoms with van der Waals surface area (Å²) in [6.07, 6.45) is 0. The fraction of sp³-hybridized carbons (Fsp3) is 0.250. The standard InChI is InChI=1S/C24H24BrNO4/c1-3-27-23-11-18(13-26-19-8-9-21-22(12-19)30-15-29-21)10-20(25)24(23)28-14-17-6-4-16(2)5-7-17/h4-12,26H,3,13-15H2,1-2H3. The predicted octanol–water partition coefficient (Wildman–Crippen LogP) is 6.08. The van der Waals surface area contributed by atoms with Gasteiger partial charge in [-0.1, -0.05) is 29.8 Å². The Kier molecular flexibility index (Phi) is 6.33. The van der Waals surface area contributed by atoms with Crippen LogP contribution >= 0.6 is 15.9 Å². The molecule has 5 nitrogen and oxygen atoms in total. The fourth-order valence-electron chi connectivity index (χ4n) is 3.18. The van der Waals surface area contributed by atoms with Crippen molar-refractivity contribution in [3.8, 4) is 23.0 Å². The number of nitrogens with one attached hydrogen (secondary N) is 1. The zero-order chi connectivity index (χ0) is 20.9. The fourth-order valence-corrected chi connectivity index (χ4v) is 3.78. The molecule has 6 heteroatoms. The highest BCUT2D eigenvalue weighted by atomic mass is 79.9. The minimum absolute atomic E-state index is 0.271. The van der Waals surface area contributed by atoms with Gasteiger partial charge >= 0.3 is 0 Å². The summed E-state index contributed by atoms with van der Waals surface area (Å²) in [5.74, 6) is 2.97. The Bertz CT molecular complexity index is 1020. The molecule has 0 aliphatic carbocycles. The molecule has 0 aromatic heterocycles. The number of benzene rings is 3. The molecule has 156 valence electrons. The Balaban J connectivity index is 1.47. The van der Waals surface area contributed by atoms with Crippen molar-refractivity contribution in [2.45, 2.75) is 27.0 Å². The first-order valence-electron chi connectivity index (χ1n) is 9.89. The SMILES string of the molecule is CCOc1cc(CNc2ccc3c(c2)OCO3)cc(Br)c1OCc1ccc(C)cc1. The molecule has 4 rings (SSSR count). The molecule has 0 spiro atoms. The lowest BCUT2D eigenvalue weighted by atomic mass is 10.1. The van der Waals surface area contributed by atoms with Gasteiger partial charge in [0.15, 0.2) is 23.0 Å². The molecule has 0 atom stereocenters. The van der Waals surface area contributed by atoms with Gasteiger partial charge in [-0.15, -0.1) is 0 Å². The molecule has 3 aromatic carbocycles. The highest BCUT2D eigenvalue weighted by Crippen LogP contribution is 2.38. The van der Waals surface area contributed by atoms with Crippen LogP contribution in [0.15, 0.2) is 59.1 Å². The van der Waals surface area contributed by atoms with Crippen molar-refractivity contribution in [2.24, 2.45) is 0 Å². The zero-order valence-corrected chi connectivity index (χ0v) is 18.6. The summed E-state index contributed by atoms with van der Waals surface area (Å²) in [4.78, 5) is 0. The molecule has 0 saturated carbocycles. The van der Waals surface area contributed by atoms with Gasteiger partial charge in [0.1, 0.15) is 6.61 Å². The van der Waals surface area contributed by atoms with Crippen LogP contribution in [0, 0.1) is 6.92 Å². The largest absolute Gasteiger partial charge is 0.490 e. The number of hydrogen-bond acceptors (Lipinski definition) is 5. The molecule has 1 N–H and O–H groups in total. The summed E-state index contributed by atoms with van der Waals surface area (Å²) < 4.78 is 23.6. The van der Waals surface area contributed by atoms with Crippen LogP contribution in [0.4, 0.5) is 5.69 Å². The second-order valence-electron chi connectivity index (χ2n) is 7.03. The van der Waals surface area contributed by atoms with Crippen molar-refractivity contribution in [2.75, 3.05) is 18.7 Å². The monoisotopic (exact) mass is 469 g/mol. The second kappa shape index (κ2) is 9.30. The van der Waals surface area contributed by atoms with Crippen molar-refractivity contribution in [3.63, 3.8) is 0 Å². The number of ether oxygens (including phenoxy) is 4. The molecule has 0 amide bonds. The highest BCUT2D eigenvalue weighted by Gasteiger charge is 2.15. The van der Waals surface area contributed by atoms with Gasteiger partial charge < -0.3 is 24.3 Å². The van der Waals surface area contributed by atoms with Crippen LogP contribution < -0.4 is 24.3 Å². The molecular formula is C24H24BrNO4. The first kappa shape index (κ1) is 20.4. The molecular weight excluding hydrogens is 446 g/mol. The van der Waals surface area contributed by atoms with E-state index in [0.29, 0.717) is 25.5 Å². The number of halogens is 1. The molecule has 0 saturated heterocycles. The molecule has 30 heavy (non-hydrogen) atoms. The third-order valence-electron chi connectivity index (χ3n) is 4.74. The Morgan fingerprint density at radius 2 is 1.73 bits per heavy atom. The smallest absolute Gasteiger partial charge is 0.231 e. The predicted molar refractivity (Wildman–Crippen MR) is 121 cm³/mol. The summed E-state index contributed by atoms with van der Waals surface area (Å²) in [6.45, 7) is 5.99. The van der Waals surface area contributed by atoms with Crippen LogP contribution in [0.1, 0.15) is 23.6 Å². The first-order valence-corrected chi connectivity index (χ1v) is 10.7. The number of aryl methyl sites for hydroxylation is 1. The molecule has 1 aliphatic heterocycles. The minimum Gasteiger partial charge on any atom is -0.490 e. The van der Waals surface area contributed by atoms with Gasteiger partial charge in [-0.25, -0.2) is 0 Å². The maximum atomic E-state index is 6.09. The average Bonchev–Trinajstić information content (AvgIpc) is 3.21. The lowest BCUT2D eigenvalue weighted by molar-refractivity contribution is 0.174.